The maximum Gasteiger partial charge on any atom is 0.439 e. The van der Waals surface area contributed by atoms with E-state index in [1.165, 1.54) is 0 Å². The number of hydrogen-bond donors (Lipinski definition) is 0. The zero-order valence-corrected chi connectivity index (χ0v) is 7.67. The molecule has 0 N–H and O–H groups in total. The first-order valence-corrected chi connectivity index (χ1v) is 4.59. The van der Waals surface area contributed by atoms with Gasteiger partial charge in [-0.3, -0.25) is 4.99 Å². The molecule has 0 aromatic heterocycles. The van der Waals surface area contributed by atoms with Crippen LogP contribution >= 0.6 is 11.8 Å². The molecule has 70 valence electrons. The lowest BCUT2D eigenvalue weighted by Crippen LogP contribution is -2.28. The van der Waals surface area contributed by atoms with Crippen LogP contribution in [0.15, 0.2) is 4.99 Å². The summed E-state index contributed by atoms with van der Waals surface area (Å²) in [7, 11) is 0. The Morgan fingerprint density at radius 3 is 2.42 bits per heavy atom. The molecule has 0 saturated heterocycles. The van der Waals surface area contributed by atoms with Crippen molar-refractivity contribution in [1.29, 1.82) is 0 Å². The standard InChI is InChI=1S/C7H10F3NS/c1-4-3-5(2)12-6(11-4)7(8,9)10/h4-5H,3H2,1-2H3. The van der Waals surface area contributed by atoms with Crippen molar-refractivity contribution in [3.05, 3.63) is 0 Å². The van der Waals surface area contributed by atoms with Gasteiger partial charge in [-0.2, -0.15) is 13.2 Å². The molecule has 0 aromatic carbocycles. The summed E-state index contributed by atoms with van der Waals surface area (Å²) >= 11 is 0.822. The van der Waals surface area contributed by atoms with Gasteiger partial charge in [-0.15, -0.1) is 0 Å². The van der Waals surface area contributed by atoms with Crippen molar-refractivity contribution < 1.29 is 13.2 Å². The van der Waals surface area contributed by atoms with Crippen molar-refractivity contribution in [3.8, 4) is 0 Å². The zero-order chi connectivity index (χ0) is 9.35. The molecule has 0 aromatic rings. The minimum atomic E-state index is -4.26. The monoisotopic (exact) mass is 197 g/mol. The van der Waals surface area contributed by atoms with Gasteiger partial charge in [0.05, 0.1) is 0 Å². The van der Waals surface area contributed by atoms with Crippen molar-refractivity contribution >= 4 is 16.8 Å². The second kappa shape index (κ2) is 3.28. The highest BCUT2D eigenvalue weighted by Gasteiger charge is 2.39. The molecule has 0 radical (unpaired) electrons. The lowest BCUT2D eigenvalue weighted by atomic mass is 10.2. The number of nitrogens with zero attached hydrogens (tertiary/aromatic N) is 1. The summed E-state index contributed by atoms with van der Waals surface area (Å²) in [5, 5.41) is -0.650. The highest BCUT2D eigenvalue weighted by molar-refractivity contribution is 8.14. The summed E-state index contributed by atoms with van der Waals surface area (Å²) in [6.07, 6.45) is -3.53. The minimum Gasteiger partial charge on any atom is -0.271 e. The van der Waals surface area contributed by atoms with Crippen LogP contribution in [-0.2, 0) is 0 Å². The maximum absolute atomic E-state index is 12.1. The van der Waals surface area contributed by atoms with Gasteiger partial charge in [0, 0.05) is 11.3 Å². The zero-order valence-electron chi connectivity index (χ0n) is 6.85. The molecule has 1 aliphatic heterocycles. The normalized spacial score (nSPS) is 31.6. The van der Waals surface area contributed by atoms with E-state index < -0.39 is 11.2 Å². The topological polar surface area (TPSA) is 12.4 Å². The molecule has 0 saturated carbocycles. The largest absolute Gasteiger partial charge is 0.439 e. The highest BCUT2D eigenvalue weighted by Crippen LogP contribution is 2.33. The van der Waals surface area contributed by atoms with E-state index in [9.17, 15) is 13.2 Å². The van der Waals surface area contributed by atoms with Gasteiger partial charge in [0.25, 0.3) is 0 Å². The molecule has 0 bridgehead atoms. The average Bonchev–Trinajstić information content (AvgIpc) is 1.82. The summed E-state index contributed by atoms with van der Waals surface area (Å²) in [5.74, 6) is 0. The van der Waals surface area contributed by atoms with Crippen molar-refractivity contribution in [2.75, 3.05) is 0 Å². The Bertz CT molecular complexity index is 199. The third-order valence-corrected chi connectivity index (χ3v) is 2.72. The predicted octanol–water partition coefficient (Wildman–Crippen LogP) is 2.86. The van der Waals surface area contributed by atoms with Crippen LogP contribution in [0.5, 0.6) is 0 Å². The molecule has 2 unspecified atom stereocenters. The smallest absolute Gasteiger partial charge is 0.271 e. The molecule has 0 amide bonds. The van der Waals surface area contributed by atoms with E-state index >= 15 is 0 Å². The molecular formula is C7H10F3NS. The van der Waals surface area contributed by atoms with Gasteiger partial charge in [-0.25, -0.2) is 0 Å². The number of halogens is 3. The van der Waals surface area contributed by atoms with E-state index in [4.69, 9.17) is 0 Å². The molecule has 5 heteroatoms. The number of rotatable bonds is 0. The van der Waals surface area contributed by atoms with Crippen LogP contribution in [0.3, 0.4) is 0 Å². The van der Waals surface area contributed by atoms with Gasteiger partial charge in [0.2, 0.25) is 0 Å². The first kappa shape index (κ1) is 9.89. The molecule has 0 spiro atoms. The van der Waals surface area contributed by atoms with Crippen LogP contribution < -0.4 is 0 Å². The summed E-state index contributed by atoms with van der Waals surface area (Å²) in [4.78, 5) is 3.56. The summed E-state index contributed by atoms with van der Waals surface area (Å²) < 4.78 is 36.4. The fourth-order valence-corrected chi connectivity index (χ4v) is 2.27. The molecule has 2 atom stereocenters. The molecule has 0 fully saturated rings. The first-order chi connectivity index (χ1) is 5.39. The van der Waals surface area contributed by atoms with Crippen LogP contribution in [0.4, 0.5) is 13.2 Å². The van der Waals surface area contributed by atoms with Crippen molar-refractivity contribution in [1.82, 2.24) is 0 Å². The number of hydrogen-bond acceptors (Lipinski definition) is 2. The van der Waals surface area contributed by atoms with Gasteiger partial charge in [0.15, 0.2) is 5.04 Å². The van der Waals surface area contributed by atoms with Crippen molar-refractivity contribution in [2.45, 2.75) is 37.7 Å². The fourth-order valence-electron chi connectivity index (χ4n) is 1.14. The van der Waals surface area contributed by atoms with E-state index in [-0.39, 0.29) is 11.3 Å². The average molecular weight is 197 g/mol. The quantitative estimate of drug-likeness (QED) is 0.581. The fraction of sp³-hybridized carbons (Fsp3) is 0.857. The lowest BCUT2D eigenvalue weighted by Gasteiger charge is -2.23. The predicted molar refractivity (Wildman–Crippen MR) is 44.6 cm³/mol. The molecule has 1 nitrogen and oxygen atoms in total. The third kappa shape index (κ3) is 2.40. The SMILES string of the molecule is CC1CC(C)SC(C(F)(F)F)=N1. The second-order valence-electron chi connectivity index (χ2n) is 2.95. The van der Waals surface area contributed by atoms with E-state index in [1.807, 2.05) is 0 Å². The molecular weight excluding hydrogens is 187 g/mol. The Morgan fingerprint density at radius 2 is 2.00 bits per heavy atom. The van der Waals surface area contributed by atoms with Crippen LogP contribution in [0.1, 0.15) is 20.3 Å². The van der Waals surface area contributed by atoms with Gasteiger partial charge < -0.3 is 0 Å². The number of alkyl halides is 3. The Morgan fingerprint density at radius 1 is 1.42 bits per heavy atom. The number of thioether (sulfide) groups is 1. The Kier molecular flexibility index (Phi) is 2.70. The van der Waals surface area contributed by atoms with E-state index in [1.54, 1.807) is 13.8 Å². The van der Waals surface area contributed by atoms with Crippen LogP contribution in [0.2, 0.25) is 0 Å². The van der Waals surface area contributed by atoms with Crippen molar-refractivity contribution in [2.24, 2.45) is 4.99 Å². The second-order valence-corrected chi connectivity index (χ2v) is 4.37. The Hall–Kier alpha value is -0.190. The minimum absolute atomic E-state index is 0.0223. The van der Waals surface area contributed by atoms with Gasteiger partial charge in [-0.1, -0.05) is 18.7 Å². The van der Waals surface area contributed by atoms with E-state index in [2.05, 4.69) is 4.99 Å². The van der Waals surface area contributed by atoms with E-state index in [0.717, 1.165) is 18.2 Å². The van der Waals surface area contributed by atoms with E-state index in [0.29, 0.717) is 0 Å². The Labute approximate surface area is 73.4 Å². The van der Waals surface area contributed by atoms with Gasteiger partial charge in [-0.05, 0) is 13.3 Å². The summed E-state index contributed by atoms with van der Waals surface area (Å²) in [5.41, 5.74) is 0. The first-order valence-electron chi connectivity index (χ1n) is 3.71. The lowest BCUT2D eigenvalue weighted by molar-refractivity contribution is -0.0559. The summed E-state index contributed by atoms with van der Waals surface area (Å²) in [6, 6.07) is -0.196. The molecule has 1 rings (SSSR count). The summed E-state index contributed by atoms with van der Waals surface area (Å²) in [6.45, 7) is 3.50. The Balaban J connectivity index is 2.77. The van der Waals surface area contributed by atoms with Gasteiger partial charge in [0.1, 0.15) is 0 Å². The molecule has 12 heavy (non-hydrogen) atoms. The van der Waals surface area contributed by atoms with Crippen molar-refractivity contribution in [3.63, 3.8) is 0 Å². The third-order valence-electron chi connectivity index (χ3n) is 1.57. The van der Waals surface area contributed by atoms with Crippen LogP contribution in [0, 0.1) is 0 Å². The van der Waals surface area contributed by atoms with Crippen LogP contribution in [-0.4, -0.2) is 22.5 Å². The maximum atomic E-state index is 12.1. The van der Waals surface area contributed by atoms with Crippen LogP contribution in [0.25, 0.3) is 0 Å². The van der Waals surface area contributed by atoms with Gasteiger partial charge >= 0.3 is 6.18 Å². The molecule has 1 aliphatic rings. The molecule has 0 aliphatic carbocycles. The highest BCUT2D eigenvalue weighted by atomic mass is 32.2. The molecule has 1 heterocycles. The number of aliphatic imine (C=N–C) groups is 1.